The summed E-state index contributed by atoms with van der Waals surface area (Å²) < 4.78 is 6.44. The topological polar surface area (TPSA) is 59.1 Å². The molecule has 0 saturated carbocycles. The molecule has 0 unspecified atom stereocenters. The van der Waals surface area contributed by atoms with Crippen molar-refractivity contribution in [2.75, 3.05) is 24.8 Å². The van der Waals surface area contributed by atoms with E-state index in [0.29, 0.717) is 17.4 Å². The van der Waals surface area contributed by atoms with Crippen LogP contribution in [0.15, 0.2) is 29.0 Å². The van der Waals surface area contributed by atoms with Gasteiger partial charge in [0.2, 0.25) is 5.75 Å². The molecule has 0 aliphatic carbocycles. The van der Waals surface area contributed by atoms with Crippen molar-refractivity contribution in [1.82, 2.24) is 9.97 Å². The van der Waals surface area contributed by atoms with E-state index in [2.05, 4.69) is 49.5 Å². The van der Waals surface area contributed by atoms with E-state index >= 15 is 0 Å². The van der Waals surface area contributed by atoms with Crippen molar-refractivity contribution < 1.29 is 4.74 Å². The fraction of sp³-hybridized carbons (Fsp3) is 0.286. The van der Waals surface area contributed by atoms with Gasteiger partial charge in [-0.15, -0.1) is 0 Å². The minimum absolute atomic E-state index is 0.597. The predicted octanol–water partition coefficient (Wildman–Crippen LogP) is 3.60. The second-order valence-corrected chi connectivity index (χ2v) is 5.05. The molecule has 0 saturated heterocycles. The molecule has 0 aliphatic rings. The lowest BCUT2D eigenvalue weighted by molar-refractivity contribution is 0.415. The average Bonchev–Trinajstić information content (AvgIpc) is 2.48. The molecule has 6 heteroatoms. The lowest BCUT2D eigenvalue weighted by atomic mass is 10.1. The van der Waals surface area contributed by atoms with E-state index in [-0.39, 0.29) is 0 Å². The first kappa shape index (κ1) is 14.6. The van der Waals surface area contributed by atoms with Gasteiger partial charge in [0.25, 0.3) is 0 Å². The van der Waals surface area contributed by atoms with Crippen LogP contribution in [-0.4, -0.2) is 24.1 Å². The number of nitrogens with zero attached hydrogens (tertiary/aromatic N) is 2. The Morgan fingerprint density at radius 1 is 1.25 bits per heavy atom. The molecule has 0 amide bonds. The first-order chi connectivity index (χ1) is 9.69. The number of hydrogen-bond donors (Lipinski definition) is 2. The third-order valence-electron chi connectivity index (χ3n) is 2.95. The number of halogens is 1. The molecule has 1 aromatic heterocycles. The molecule has 106 valence electrons. The van der Waals surface area contributed by atoms with E-state index in [1.807, 2.05) is 12.1 Å². The number of aromatic nitrogens is 2. The Kier molecular flexibility index (Phi) is 4.79. The standard InChI is InChI=1S/C14H17BrN4O/c1-4-9-7-10(15)5-6-11(9)19-14-12(20-3)13(16-2)17-8-18-14/h5-8H,4H2,1-3H3,(H2,16,17,18,19). The fourth-order valence-corrected chi connectivity index (χ4v) is 2.35. The molecule has 0 atom stereocenters. The molecule has 1 aromatic carbocycles. The predicted molar refractivity (Wildman–Crippen MR) is 84.9 cm³/mol. The third kappa shape index (κ3) is 3.01. The average molecular weight is 337 g/mol. The minimum atomic E-state index is 0.597. The number of nitrogens with one attached hydrogen (secondary N) is 2. The van der Waals surface area contributed by atoms with Crippen LogP contribution < -0.4 is 15.4 Å². The maximum atomic E-state index is 5.38. The van der Waals surface area contributed by atoms with Crippen LogP contribution in [0.25, 0.3) is 0 Å². The van der Waals surface area contributed by atoms with Gasteiger partial charge < -0.3 is 15.4 Å². The summed E-state index contributed by atoms with van der Waals surface area (Å²) in [4.78, 5) is 8.38. The highest BCUT2D eigenvalue weighted by atomic mass is 79.9. The van der Waals surface area contributed by atoms with Crippen molar-refractivity contribution in [3.63, 3.8) is 0 Å². The van der Waals surface area contributed by atoms with Crippen LogP contribution in [0.3, 0.4) is 0 Å². The normalized spacial score (nSPS) is 10.2. The Bertz CT molecular complexity index is 604. The van der Waals surface area contributed by atoms with Crippen molar-refractivity contribution in [3.05, 3.63) is 34.6 Å². The Morgan fingerprint density at radius 3 is 2.65 bits per heavy atom. The first-order valence-electron chi connectivity index (χ1n) is 6.31. The van der Waals surface area contributed by atoms with Gasteiger partial charge in [-0.25, -0.2) is 9.97 Å². The van der Waals surface area contributed by atoms with Crippen molar-refractivity contribution in [2.24, 2.45) is 0 Å². The summed E-state index contributed by atoms with van der Waals surface area (Å²) >= 11 is 3.49. The maximum Gasteiger partial charge on any atom is 0.204 e. The molecule has 2 rings (SSSR count). The summed E-state index contributed by atoms with van der Waals surface area (Å²) in [6.07, 6.45) is 2.43. The fourth-order valence-electron chi connectivity index (χ4n) is 1.94. The van der Waals surface area contributed by atoms with Crippen molar-refractivity contribution in [2.45, 2.75) is 13.3 Å². The van der Waals surface area contributed by atoms with Gasteiger partial charge in [0, 0.05) is 17.2 Å². The van der Waals surface area contributed by atoms with Crippen LogP contribution in [0.2, 0.25) is 0 Å². The van der Waals surface area contributed by atoms with E-state index in [1.54, 1.807) is 14.2 Å². The highest BCUT2D eigenvalue weighted by Gasteiger charge is 2.12. The van der Waals surface area contributed by atoms with Crippen molar-refractivity contribution in [3.8, 4) is 5.75 Å². The van der Waals surface area contributed by atoms with Crippen LogP contribution in [0.1, 0.15) is 12.5 Å². The lowest BCUT2D eigenvalue weighted by Gasteiger charge is -2.15. The SMILES string of the molecule is CCc1cc(Br)ccc1Nc1ncnc(NC)c1OC. The summed E-state index contributed by atoms with van der Waals surface area (Å²) in [5, 5.41) is 6.29. The van der Waals surface area contributed by atoms with Crippen molar-refractivity contribution >= 4 is 33.3 Å². The van der Waals surface area contributed by atoms with E-state index in [1.165, 1.54) is 11.9 Å². The molecule has 1 heterocycles. The lowest BCUT2D eigenvalue weighted by Crippen LogP contribution is -2.04. The summed E-state index contributed by atoms with van der Waals surface area (Å²) in [5.74, 6) is 1.89. The van der Waals surface area contributed by atoms with E-state index in [4.69, 9.17) is 4.74 Å². The maximum absolute atomic E-state index is 5.38. The number of aryl methyl sites for hydroxylation is 1. The van der Waals surface area contributed by atoms with E-state index in [9.17, 15) is 0 Å². The molecule has 0 spiro atoms. The Labute approximate surface area is 126 Å². The third-order valence-corrected chi connectivity index (χ3v) is 3.44. The quantitative estimate of drug-likeness (QED) is 0.873. The molecular weight excluding hydrogens is 320 g/mol. The van der Waals surface area contributed by atoms with Crippen molar-refractivity contribution in [1.29, 1.82) is 0 Å². The monoisotopic (exact) mass is 336 g/mol. The zero-order valence-corrected chi connectivity index (χ0v) is 13.3. The molecule has 0 bridgehead atoms. The van der Waals surface area contributed by atoms with Gasteiger partial charge in [0.05, 0.1) is 7.11 Å². The molecule has 2 N–H and O–H groups in total. The zero-order valence-electron chi connectivity index (χ0n) is 11.7. The van der Waals surface area contributed by atoms with Crippen LogP contribution in [0.4, 0.5) is 17.3 Å². The van der Waals surface area contributed by atoms with Gasteiger partial charge in [0.15, 0.2) is 11.6 Å². The van der Waals surface area contributed by atoms with E-state index in [0.717, 1.165) is 16.6 Å². The van der Waals surface area contributed by atoms with Crippen LogP contribution in [0, 0.1) is 0 Å². The number of anilines is 3. The highest BCUT2D eigenvalue weighted by molar-refractivity contribution is 9.10. The highest BCUT2D eigenvalue weighted by Crippen LogP contribution is 2.32. The summed E-state index contributed by atoms with van der Waals surface area (Å²) in [7, 11) is 3.40. The zero-order chi connectivity index (χ0) is 14.5. The van der Waals surface area contributed by atoms with E-state index < -0.39 is 0 Å². The Morgan fingerprint density at radius 2 is 2.00 bits per heavy atom. The first-order valence-corrected chi connectivity index (χ1v) is 7.11. The smallest absolute Gasteiger partial charge is 0.204 e. The molecule has 0 fully saturated rings. The largest absolute Gasteiger partial charge is 0.490 e. The van der Waals surface area contributed by atoms with Crippen LogP contribution in [0.5, 0.6) is 5.75 Å². The number of benzene rings is 1. The molecule has 5 nitrogen and oxygen atoms in total. The van der Waals surface area contributed by atoms with Crippen LogP contribution >= 0.6 is 15.9 Å². The Hall–Kier alpha value is -1.82. The van der Waals surface area contributed by atoms with Gasteiger partial charge in [-0.2, -0.15) is 0 Å². The molecular formula is C14H17BrN4O. The van der Waals surface area contributed by atoms with Gasteiger partial charge in [-0.1, -0.05) is 22.9 Å². The number of ether oxygens (including phenoxy) is 1. The van der Waals surface area contributed by atoms with Gasteiger partial charge in [-0.05, 0) is 30.2 Å². The second kappa shape index (κ2) is 6.56. The van der Waals surface area contributed by atoms with Gasteiger partial charge >= 0.3 is 0 Å². The number of methoxy groups -OCH3 is 1. The molecule has 0 aliphatic heterocycles. The minimum Gasteiger partial charge on any atom is -0.490 e. The van der Waals surface area contributed by atoms with Crippen LogP contribution in [-0.2, 0) is 6.42 Å². The number of hydrogen-bond acceptors (Lipinski definition) is 5. The number of rotatable bonds is 5. The Balaban J connectivity index is 2.39. The second-order valence-electron chi connectivity index (χ2n) is 4.13. The van der Waals surface area contributed by atoms with Gasteiger partial charge in [0.1, 0.15) is 6.33 Å². The molecule has 0 radical (unpaired) electrons. The van der Waals surface area contributed by atoms with Gasteiger partial charge in [-0.3, -0.25) is 0 Å². The molecule has 20 heavy (non-hydrogen) atoms. The summed E-state index contributed by atoms with van der Waals surface area (Å²) in [6.45, 7) is 2.11. The summed E-state index contributed by atoms with van der Waals surface area (Å²) in [5.41, 5.74) is 2.21. The summed E-state index contributed by atoms with van der Waals surface area (Å²) in [6, 6.07) is 6.10. The molecule has 2 aromatic rings.